The molecule has 2 atom stereocenters. The highest BCUT2D eigenvalue weighted by Gasteiger charge is 2.23. The van der Waals surface area contributed by atoms with Crippen LogP contribution in [0.2, 0.25) is 0 Å². The second-order valence-corrected chi connectivity index (χ2v) is 7.05. The molecule has 7 heteroatoms. The van der Waals surface area contributed by atoms with E-state index in [1.807, 2.05) is 44.2 Å². The molecule has 1 aromatic heterocycles. The van der Waals surface area contributed by atoms with Crippen molar-refractivity contribution >= 4 is 11.9 Å². The molecule has 1 heterocycles. The van der Waals surface area contributed by atoms with Gasteiger partial charge in [-0.05, 0) is 56.9 Å². The van der Waals surface area contributed by atoms with E-state index in [1.54, 1.807) is 0 Å². The van der Waals surface area contributed by atoms with Gasteiger partial charge in [-0.3, -0.25) is 5.32 Å². The highest BCUT2D eigenvalue weighted by atomic mass is 16.5. The molecule has 1 saturated carbocycles. The second kappa shape index (κ2) is 8.81. The molecule has 27 heavy (non-hydrogen) atoms. The first-order valence-corrected chi connectivity index (χ1v) is 9.40. The maximum Gasteiger partial charge on any atom is 0.229 e. The number of aryl methyl sites for hydroxylation is 2. The molecule has 1 aliphatic rings. The van der Waals surface area contributed by atoms with Crippen molar-refractivity contribution < 1.29 is 4.74 Å². The van der Waals surface area contributed by atoms with Gasteiger partial charge >= 0.3 is 0 Å². The Labute approximate surface area is 160 Å². The van der Waals surface area contributed by atoms with Crippen LogP contribution in [0.25, 0.3) is 0 Å². The molecular formula is C20H28N6O. The molecule has 0 spiro atoms. The summed E-state index contributed by atoms with van der Waals surface area (Å²) in [5.74, 6) is 1.59. The van der Waals surface area contributed by atoms with Gasteiger partial charge in [-0.1, -0.05) is 18.6 Å². The first kappa shape index (κ1) is 19.1. The molecule has 1 aromatic carbocycles. The van der Waals surface area contributed by atoms with Crippen molar-refractivity contribution in [3.05, 3.63) is 47.3 Å². The summed E-state index contributed by atoms with van der Waals surface area (Å²) < 4.78 is 6.04. The minimum absolute atomic E-state index is 0.111. The van der Waals surface area contributed by atoms with Crippen molar-refractivity contribution in [2.75, 3.05) is 5.32 Å². The molecule has 7 nitrogen and oxygen atoms in total. The summed E-state index contributed by atoms with van der Waals surface area (Å²) in [7, 11) is 0. The highest BCUT2D eigenvalue weighted by Crippen LogP contribution is 2.23. The van der Waals surface area contributed by atoms with Crippen molar-refractivity contribution in [2.45, 2.75) is 58.2 Å². The fourth-order valence-electron chi connectivity index (χ4n) is 3.23. The fourth-order valence-corrected chi connectivity index (χ4v) is 3.23. The number of rotatable bonds is 5. The topological polar surface area (TPSA) is 111 Å². The van der Waals surface area contributed by atoms with Gasteiger partial charge in [-0.2, -0.15) is 0 Å². The smallest absolute Gasteiger partial charge is 0.229 e. The van der Waals surface area contributed by atoms with Crippen molar-refractivity contribution in [3.63, 3.8) is 0 Å². The van der Waals surface area contributed by atoms with Crippen LogP contribution in [-0.4, -0.2) is 28.1 Å². The third-order valence-corrected chi connectivity index (χ3v) is 4.62. The number of nitrogens with zero attached hydrogens (tertiary/aromatic N) is 3. The predicted molar refractivity (Wildman–Crippen MR) is 108 cm³/mol. The van der Waals surface area contributed by atoms with Crippen LogP contribution < -0.4 is 21.5 Å². The van der Waals surface area contributed by atoms with Crippen LogP contribution in [0, 0.1) is 13.8 Å². The summed E-state index contributed by atoms with van der Waals surface area (Å²) >= 11 is 0. The number of guanidine groups is 1. The van der Waals surface area contributed by atoms with Crippen molar-refractivity contribution in [1.29, 1.82) is 0 Å². The number of aromatic nitrogens is 2. The Hall–Kier alpha value is -2.67. The monoisotopic (exact) mass is 368 g/mol. The average Bonchev–Trinajstić information content (AvgIpc) is 2.62. The van der Waals surface area contributed by atoms with Gasteiger partial charge in [0.2, 0.25) is 5.95 Å². The summed E-state index contributed by atoms with van der Waals surface area (Å²) in [6.07, 6.45) is 4.55. The van der Waals surface area contributed by atoms with E-state index >= 15 is 0 Å². The molecule has 0 unspecified atom stereocenters. The van der Waals surface area contributed by atoms with Gasteiger partial charge in [0.05, 0.1) is 6.54 Å². The predicted octanol–water partition coefficient (Wildman–Crippen LogP) is 2.67. The number of hydrogen-bond donors (Lipinski definition) is 3. The Bertz CT molecular complexity index is 769. The summed E-state index contributed by atoms with van der Waals surface area (Å²) in [6.45, 7) is 4.29. The standard InChI is InChI=1S/C20H28N6O/c1-13-11-14(2)25-20(24-13)26-19(22)23-12-15-7-9-16(10-8-15)27-18-6-4-3-5-17(18)21/h7-11,17-18H,3-6,12,21H2,1-2H3,(H3,22,23,24,25,26)/t17-,18-/m0/s1. The molecule has 5 N–H and O–H groups in total. The van der Waals surface area contributed by atoms with Crippen LogP contribution in [0.5, 0.6) is 5.75 Å². The summed E-state index contributed by atoms with van der Waals surface area (Å²) in [5.41, 5.74) is 14.9. The second-order valence-electron chi connectivity index (χ2n) is 7.05. The first-order chi connectivity index (χ1) is 13.0. The zero-order chi connectivity index (χ0) is 19.2. The summed E-state index contributed by atoms with van der Waals surface area (Å²) in [6, 6.07) is 9.94. The van der Waals surface area contributed by atoms with Crippen LogP contribution in [0.4, 0.5) is 5.95 Å². The van der Waals surface area contributed by atoms with Gasteiger partial charge in [0.25, 0.3) is 0 Å². The molecule has 1 aliphatic carbocycles. The van der Waals surface area contributed by atoms with Crippen LogP contribution in [0.3, 0.4) is 0 Å². The Kier molecular flexibility index (Phi) is 6.24. The van der Waals surface area contributed by atoms with Crippen molar-refractivity contribution in [3.8, 4) is 5.75 Å². The molecule has 2 aromatic rings. The molecule has 1 fully saturated rings. The minimum atomic E-state index is 0.111. The zero-order valence-corrected chi connectivity index (χ0v) is 16.0. The van der Waals surface area contributed by atoms with Crippen molar-refractivity contribution in [2.24, 2.45) is 16.5 Å². The summed E-state index contributed by atoms with van der Waals surface area (Å²) in [5, 5.41) is 2.93. The first-order valence-electron chi connectivity index (χ1n) is 9.40. The van der Waals surface area contributed by atoms with Crippen LogP contribution in [0.1, 0.15) is 42.6 Å². The molecule has 0 radical (unpaired) electrons. The fraction of sp³-hybridized carbons (Fsp3) is 0.450. The molecule has 0 aliphatic heterocycles. The average molecular weight is 368 g/mol. The van der Waals surface area contributed by atoms with E-state index in [9.17, 15) is 0 Å². The molecule has 0 amide bonds. The van der Waals surface area contributed by atoms with Crippen LogP contribution >= 0.6 is 0 Å². The number of benzene rings is 1. The lowest BCUT2D eigenvalue weighted by atomic mass is 9.93. The largest absolute Gasteiger partial charge is 0.489 e. The maximum absolute atomic E-state index is 6.15. The molecule has 3 rings (SSSR count). The van der Waals surface area contributed by atoms with Gasteiger partial charge < -0.3 is 16.2 Å². The van der Waals surface area contributed by atoms with E-state index in [0.29, 0.717) is 12.5 Å². The zero-order valence-electron chi connectivity index (χ0n) is 16.0. The van der Waals surface area contributed by atoms with E-state index in [-0.39, 0.29) is 18.1 Å². The van der Waals surface area contributed by atoms with Gasteiger partial charge in [0, 0.05) is 17.4 Å². The molecule has 144 valence electrons. The minimum Gasteiger partial charge on any atom is -0.489 e. The number of nitrogens with one attached hydrogen (secondary N) is 1. The maximum atomic E-state index is 6.15. The van der Waals surface area contributed by atoms with Gasteiger partial charge in [-0.15, -0.1) is 0 Å². The third-order valence-electron chi connectivity index (χ3n) is 4.62. The quantitative estimate of drug-likeness (QED) is 0.553. The van der Waals surface area contributed by atoms with Crippen LogP contribution in [-0.2, 0) is 6.54 Å². The third kappa shape index (κ3) is 5.65. The van der Waals surface area contributed by atoms with Gasteiger partial charge in [0.15, 0.2) is 5.96 Å². The number of ether oxygens (including phenoxy) is 1. The molecule has 0 bridgehead atoms. The Balaban J connectivity index is 1.55. The Morgan fingerprint density at radius 2 is 1.81 bits per heavy atom. The Morgan fingerprint density at radius 1 is 1.15 bits per heavy atom. The number of hydrogen-bond acceptors (Lipinski definition) is 5. The van der Waals surface area contributed by atoms with Crippen LogP contribution in [0.15, 0.2) is 35.3 Å². The molecule has 0 saturated heterocycles. The van der Waals surface area contributed by atoms with E-state index in [0.717, 1.165) is 35.5 Å². The lowest BCUT2D eigenvalue weighted by Gasteiger charge is -2.29. The van der Waals surface area contributed by atoms with E-state index in [1.165, 1.54) is 12.8 Å². The highest BCUT2D eigenvalue weighted by molar-refractivity contribution is 5.90. The Morgan fingerprint density at radius 3 is 2.48 bits per heavy atom. The van der Waals surface area contributed by atoms with E-state index in [2.05, 4.69) is 20.3 Å². The number of anilines is 1. The normalized spacial score (nSPS) is 20.3. The number of nitrogens with two attached hydrogens (primary N) is 2. The lowest BCUT2D eigenvalue weighted by molar-refractivity contribution is 0.132. The molecular weight excluding hydrogens is 340 g/mol. The lowest BCUT2D eigenvalue weighted by Crippen LogP contribution is -2.41. The van der Waals surface area contributed by atoms with E-state index < -0.39 is 0 Å². The SMILES string of the molecule is Cc1cc(C)nc(NC(N)=NCc2ccc(O[C@H]3CCCC[C@@H]3N)cc2)n1. The van der Waals surface area contributed by atoms with Crippen molar-refractivity contribution in [1.82, 2.24) is 9.97 Å². The van der Waals surface area contributed by atoms with E-state index in [4.69, 9.17) is 16.2 Å². The summed E-state index contributed by atoms with van der Waals surface area (Å²) in [4.78, 5) is 12.9. The van der Waals surface area contributed by atoms with Gasteiger partial charge in [0.1, 0.15) is 11.9 Å². The number of aliphatic imine (C=N–C) groups is 1. The van der Waals surface area contributed by atoms with Gasteiger partial charge in [-0.25, -0.2) is 15.0 Å².